The second-order valence-electron chi connectivity index (χ2n) is 3.54. The highest BCUT2D eigenvalue weighted by atomic mass is 35.5. The van der Waals surface area contributed by atoms with Gasteiger partial charge in [0.05, 0.1) is 12.0 Å². The quantitative estimate of drug-likeness (QED) is 0.867. The van der Waals surface area contributed by atoms with E-state index in [4.69, 9.17) is 11.6 Å². The van der Waals surface area contributed by atoms with Crippen molar-refractivity contribution in [1.29, 1.82) is 0 Å². The van der Waals surface area contributed by atoms with Gasteiger partial charge in [0, 0.05) is 23.0 Å². The number of halogens is 1. The van der Waals surface area contributed by atoms with Crippen molar-refractivity contribution in [3.63, 3.8) is 0 Å². The molecule has 4 heteroatoms. The average molecular weight is 235 g/mol. The van der Waals surface area contributed by atoms with Crippen LogP contribution in [0.2, 0.25) is 5.02 Å². The summed E-state index contributed by atoms with van der Waals surface area (Å²) < 4.78 is 1.73. The molecule has 0 saturated carbocycles. The van der Waals surface area contributed by atoms with Gasteiger partial charge >= 0.3 is 0 Å². The smallest absolute Gasteiger partial charge is 0.127 e. The number of benzene rings is 1. The van der Waals surface area contributed by atoms with Crippen LogP contribution in [-0.2, 0) is 0 Å². The largest absolute Gasteiger partial charge is 0.507 e. The lowest BCUT2D eigenvalue weighted by atomic mass is 10.1. The molecular formula is C12H11ClN2O. The van der Waals surface area contributed by atoms with E-state index < -0.39 is 0 Å². The van der Waals surface area contributed by atoms with Crippen LogP contribution < -0.4 is 0 Å². The number of aromatic nitrogens is 2. The fourth-order valence-corrected chi connectivity index (χ4v) is 1.79. The molecule has 0 bridgehead atoms. The first-order chi connectivity index (χ1) is 7.59. The van der Waals surface area contributed by atoms with E-state index in [0.29, 0.717) is 16.3 Å². The Kier molecular flexibility index (Phi) is 2.71. The number of aromatic hydroxyl groups is 1. The van der Waals surface area contributed by atoms with Crippen molar-refractivity contribution in [2.75, 3.05) is 0 Å². The molecule has 0 saturated heterocycles. The number of nitrogens with zero attached hydrogens (tertiary/aromatic N) is 2. The van der Waals surface area contributed by atoms with E-state index >= 15 is 0 Å². The van der Waals surface area contributed by atoms with Gasteiger partial charge in [-0.25, -0.2) is 4.98 Å². The van der Waals surface area contributed by atoms with Crippen molar-refractivity contribution >= 4 is 17.3 Å². The SMILES string of the molecule is C=C(c1cc(Cl)cc(C)c1O)n1ccnc1. The molecule has 1 heterocycles. The minimum absolute atomic E-state index is 0.197. The molecule has 0 atom stereocenters. The van der Waals surface area contributed by atoms with Gasteiger partial charge in [-0.2, -0.15) is 0 Å². The van der Waals surface area contributed by atoms with Crippen LogP contribution in [0.4, 0.5) is 0 Å². The monoisotopic (exact) mass is 234 g/mol. The van der Waals surface area contributed by atoms with Crippen LogP contribution in [0, 0.1) is 6.92 Å². The Labute approximate surface area is 98.6 Å². The topological polar surface area (TPSA) is 38.0 Å². The molecular weight excluding hydrogens is 224 g/mol. The van der Waals surface area contributed by atoms with Crippen LogP contribution in [0.25, 0.3) is 5.70 Å². The predicted molar refractivity (Wildman–Crippen MR) is 64.5 cm³/mol. The summed E-state index contributed by atoms with van der Waals surface area (Å²) in [5, 5.41) is 10.5. The lowest BCUT2D eigenvalue weighted by Crippen LogP contribution is -1.96. The summed E-state index contributed by atoms with van der Waals surface area (Å²) >= 11 is 5.95. The van der Waals surface area contributed by atoms with Crippen molar-refractivity contribution in [1.82, 2.24) is 9.55 Å². The zero-order valence-electron chi connectivity index (χ0n) is 8.81. The summed E-state index contributed by atoms with van der Waals surface area (Å²) in [6, 6.07) is 3.40. The highest BCUT2D eigenvalue weighted by molar-refractivity contribution is 6.30. The molecule has 0 unspecified atom stereocenters. The maximum Gasteiger partial charge on any atom is 0.127 e. The van der Waals surface area contributed by atoms with Gasteiger partial charge in [-0.3, -0.25) is 0 Å². The number of aryl methyl sites for hydroxylation is 1. The van der Waals surface area contributed by atoms with Gasteiger partial charge < -0.3 is 9.67 Å². The van der Waals surface area contributed by atoms with Crippen molar-refractivity contribution in [2.24, 2.45) is 0 Å². The van der Waals surface area contributed by atoms with Gasteiger partial charge in [0.25, 0.3) is 0 Å². The van der Waals surface area contributed by atoms with E-state index in [1.165, 1.54) is 0 Å². The fourth-order valence-electron chi connectivity index (χ4n) is 1.51. The normalized spacial score (nSPS) is 10.4. The second-order valence-corrected chi connectivity index (χ2v) is 3.97. The zero-order chi connectivity index (χ0) is 11.7. The highest BCUT2D eigenvalue weighted by Gasteiger charge is 2.10. The molecule has 0 amide bonds. The molecule has 0 aliphatic rings. The first kappa shape index (κ1) is 10.8. The molecule has 0 aliphatic carbocycles. The predicted octanol–water partition coefficient (Wildman–Crippen LogP) is 3.07. The van der Waals surface area contributed by atoms with Crippen LogP contribution in [0.5, 0.6) is 5.75 Å². The van der Waals surface area contributed by atoms with Crippen LogP contribution in [0.1, 0.15) is 11.1 Å². The van der Waals surface area contributed by atoms with Crippen molar-refractivity contribution < 1.29 is 5.11 Å². The standard InChI is InChI=1S/C12H11ClN2O/c1-8-5-10(13)6-11(12(8)16)9(2)15-4-3-14-7-15/h3-7,16H,2H2,1H3. The maximum absolute atomic E-state index is 9.94. The minimum Gasteiger partial charge on any atom is -0.507 e. The lowest BCUT2D eigenvalue weighted by Gasteiger charge is -2.11. The molecule has 2 aromatic rings. The Hall–Kier alpha value is -1.74. The maximum atomic E-state index is 9.94. The average Bonchev–Trinajstić information content (AvgIpc) is 2.75. The lowest BCUT2D eigenvalue weighted by molar-refractivity contribution is 0.469. The number of phenolic OH excluding ortho intramolecular Hbond substituents is 1. The molecule has 1 aromatic heterocycles. The van der Waals surface area contributed by atoms with Crippen LogP contribution >= 0.6 is 11.6 Å². The van der Waals surface area contributed by atoms with E-state index in [2.05, 4.69) is 11.6 Å². The Bertz CT molecular complexity index is 532. The summed E-state index contributed by atoms with van der Waals surface area (Å²) in [6.07, 6.45) is 5.04. The molecule has 0 radical (unpaired) electrons. The summed E-state index contributed by atoms with van der Waals surface area (Å²) in [7, 11) is 0. The van der Waals surface area contributed by atoms with Crippen LogP contribution in [-0.4, -0.2) is 14.7 Å². The fraction of sp³-hybridized carbons (Fsp3) is 0.0833. The van der Waals surface area contributed by atoms with Crippen LogP contribution in [0.3, 0.4) is 0 Å². The third kappa shape index (κ3) is 1.82. The molecule has 0 aliphatic heterocycles. The minimum atomic E-state index is 0.197. The number of rotatable bonds is 2. The van der Waals surface area contributed by atoms with Gasteiger partial charge in [0.2, 0.25) is 0 Å². The third-order valence-electron chi connectivity index (χ3n) is 2.39. The van der Waals surface area contributed by atoms with Gasteiger partial charge in [-0.15, -0.1) is 0 Å². The Morgan fingerprint density at radius 1 is 1.50 bits per heavy atom. The Morgan fingerprint density at radius 2 is 2.25 bits per heavy atom. The first-order valence-electron chi connectivity index (χ1n) is 4.76. The summed E-state index contributed by atoms with van der Waals surface area (Å²) in [5.74, 6) is 0.197. The van der Waals surface area contributed by atoms with Crippen molar-refractivity contribution in [2.45, 2.75) is 6.92 Å². The molecule has 2 rings (SSSR count). The summed E-state index contributed by atoms with van der Waals surface area (Å²) in [5.41, 5.74) is 1.98. The van der Waals surface area contributed by atoms with Gasteiger partial charge in [0.1, 0.15) is 5.75 Å². The van der Waals surface area contributed by atoms with Gasteiger partial charge in [-0.05, 0) is 24.6 Å². The van der Waals surface area contributed by atoms with E-state index in [-0.39, 0.29) is 5.75 Å². The Balaban J connectivity index is 2.52. The highest BCUT2D eigenvalue weighted by Crippen LogP contribution is 2.31. The van der Waals surface area contributed by atoms with Crippen molar-refractivity contribution in [3.05, 3.63) is 53.6 Å². The summed E-state index contributed by atoms with van der Waals surface area (Å²) in [4.78, 5) is 3.93. The van der Waals surface area contributed by atoms with E-state index in [0.717, 1.165) is 5.56 Å². The van der Waals surface area contributed by atoms with Crippen LogP contribution in [0.15, 0.2) is 37.4 Å². The molecule has 3 nitrogen and oxygen atoms in total. The second kappa shape index (κ2) is 4.02. The number of hydrogen-bond acceptors (Lipinski definition) is 2. The third-order valence-corrected chi connectivity index (χ3v) is 2.61. The molecule has 0 spiro atoms. The van der Waals surface area contributed by atoms with E-state index in [1.54, 1.807) is 42.3 Å². The van der Waals surface area contributed by atoms with E-state index in [1.807, 2.05) is 0 Å². The Morgan fingerprint density at radius 3 is 2.88 bits per heavy atom. The summed E-state index contributed by atoms with van der Waals surface area (Å²) in [6.45, 7) is 5.71. The molecule has 1 aromatic carbocycles. The van der Waals surface area contributed by atoms with Gasteiger partial charge in [0.15, 0.2) is 0 Å². The van der Waals surface area contributed by atoms with Crippen molar-refractivity contribution in [3.8, 4) is 5.75 Å². The zero-order valence-corrected chi connectivity index (χ0v) is 9.57. The number of imidazole rings is 1. The molecule has 0 fully saturated rings. The van der Waals surface area contributed by atoms with Gasteiger partial charge in [-0.1, -0.05) is 18.2 Å². The first-order valence-corrected chi connectivity index (χ1v) is 5.14. The number of phenols is 1. The molecule has 1 N–H and O–H groups in total. The molecule has 82 valence electrons. The van der Waals surface area contributed by atoms with E-state index in [9.17, 15) is 5.11 Å². The molecule has 16 heavy (non-hydrogen) atoms. The number of hydrogen-bond donors (Lipinski definition) is 1.